The summed E-state index contributed by atoms with van der Waals surface area (Å²) in [5, 5.41) is 11.7. The number of rotatable bonds is 3. The molecular weight excluding hydrogens is 230 g/mol. The van der Waals surface area contributed by atoms with Crippen molar-refractivity contribution in [2.45, 2.75) is 38.1 Å². The van der Waals surface area contributed by atoms with Crippen LogP contribution < -0.4 is 5.32 Å². The first-order valence-corrected chi connectivity index (χ1v) is 6.09. The highest BCUT2D eigenvalue weighted by Crippen LogP contribution is 2.35. The fourth-order valence-corrected chi connectivity index (χ4v) is 2.53. The van der Waals surface area contributed by atoms with Crippen molar-refractivity contribution in [2.75, 3.05) is 0 Å². The van der Waals surface area contributed by atoms with Gasteiger partial charge in [-0.1, -0.05) is 38.1 Å². The van der Waals surface area contributed by atoms with E-state index in [4.69, 9.17) is 0 Å². The Hall–Kier alpha value is -1.84. The van der Waals surface area contributed by atoms with E-state index in [2.05, 4.69) is 12.2 Å². The fraction of sp³-hybridized carbons (Fsp3) is 0.429. The Morgan fingerprint density at radius 2 is 2.06 bits per heavy atom. The van der Waals surface area contributed by atoms with Crippen LogP contribution in [-0.2, 0) is 21.4 Å². The van der Waals surface area contributed by atoms with Gasteiger partial charge in [-0.2, -0.15) is 0 Å². The van der Waals surface area contributed by atoms with Gasteiger partial charge in [0.2, 0.25) is 5.91 Å². The lowest BCUT2D eigenvalue weighted by molar-refractivity contribution is -0.141. The van der Waals surface area contributed by atoms with Crippen LogP contribution >= 0.6 is 0 Å². The fourth-order valence-electron chi connectivity index (χ4n) is 2.53. The predicted octanol–water partition coefficient (Wildman–Crippen LogP) is 1.48. The van der Waals surface area contributed by atoms with Crippen LogP contribution in [-0.4, -0.2) is 23.0 Å². The van der Waals surface area contributed by atoms with Gasteiger partial charge >= 0.3 is 5.97 Å². The average Bonchev–Trinajstić information content (AvgIpc) is 2.66. The van der Waals surface area contributed by atoms with Crippen molar-refractivity contribution in [1.82, 2.24) is 5.32 Å². The van der Waals surface area contributed by atoms with E-state index < -0.39 is 17.4 Å². The van der Waals surface area contributed by atoms with E-state index >= 15 is 0 Å². The van der Waals surface area contributed by atoms with E-state index in [-0.39, 0.29) is 12.3 Å². The third kappa shape index (κ3) is 1.98. The summed E-state index contributed by atoms with van der Waals surface area (Å²) in [7, 11) is 0. The Morgan fingerprint density at radius 1 is 1.44 bits per heavy atom. The summed E-state index contributed by atoms with van der Waals surface area (Å²) >= 11 is 0. The van der Waals surface area contributed by atoms with Crippen LogP contribution in [0.1, 0.15) is 31.4 Å². The highest BCUT2D eigenvalue weighted by molar-refractivity contribution is 5.90. The maximum absolute atomic E-state index is 11.5. The monoisotopic (exact) mass is 247 g/mol. The number of aryl methyl sites for hydroxylation is 1. The van der Waals surface area contributed by atoms with Crippen molar-refractivity contribution >= 4 is 11.9 Å². The number of carbonyl (C=O) groups is 2. The molecule has 0 aromatic heterocycles. The van der Waals surface area contributed by atoms with Gasteiger partial charge in [-0.25, -0.2) is 4.79 Å². The molecule has 0 saturated carbocycles. The first kappa shape index (κ1) is 12.6. The van der Waals surface area contributed by atoms with Gasteiger partial charge < -0.3 is 10.4 Å². The summed E-state index contributed by atoms with van der Waals surface area (Å²) in [5.74, 6) is -1.19. The molecule has 4 heteroatoms. The summed E-state index contributed by atoms with van der Waals surface area (Å²) in [6.07, 6.45) is 1.16. The third-order valence-corrected chi connectivity index (χ3v) is 3.74. The molecule has 2 atom stereocenters. The van der Waals surface area contributed by atoms with Gasteiger partial charge in [0.15, 0.2) is 0 Å². The standard InChI is InChI=1S/C14H17NO3/c1-3-9-4-6-10(7-5-9)14(2)8-11(16)15-12(14)13(17)18/h4-7,12H,3,8H2,1-2H3,(H,15,16)(H,17,18). The number of carboxylic acid groups (broad SMARTS) is 1. The summed E-state index contributed by atoms with van der Waals surface area (Å²) in [6, 6.07) is 6.98. The molecule has 1 amide bonds. The van der Waals surface area contributed by atoms with Crippen LogP contribution in [0.5, 0.6) is 0 Å². The maximum atomic E-state index is 11.5. The number of amides is 1. The zero-order valence-corrected chi connectivity index (χ0v) is 10.6. The Kier molecular flexibility index (Phi) is 3.11. The molecule has 0 radical (unpaired) electrons. The molecule has 1 aromatic rings. The van der Waals surface area contributed by atoms with Gasteiger partial charge in [0.05, 0.1) is 0 Å². The van der Waals surface area contributed by atoms with Crippen molar-refractivity contribution in [3.05, 3.63) is 35.4 Å². The molecule has 0 bridgehead atoms. The van der Waals surface area contributed by atoms with E-state index in [1.165, 1.54) is 5.56 Å². The largest absolute Gasteiger partial charge is 0.480 e. The molecule has 96 valence electrons. The molecule has 2 N–H and O–H groups in total. The van der Waals surface area contributed by atoms with E-state index in [9.17, 15) is 14.7 Å². The first-order valence-electron chi connectivity index (χ1n) is 6.09. The van der Waals surface area contributed by atoms with Gasteiger partial charge in [-0.05, 0) is 17.5 Å². The Balaban J connectivity index is 2.39. The lowest BCUT2D eigenvalue weighted by Gasteiger charge is -2.27. The summed E-state index contributed by atoms with van der Waals surface area (Å²) in [6.45, 7) is 3.89. The second kappa shape index (κ2) is 4.44. The van der Waals surface area contributed by atoms with Crippen molar-refractivity contribution in [1.29, 1.82) is 0 Å². The quantitative estimate of drug-likeness (QED) is 0.850. The number of aliphatic carboxylic acids is 1. The Labute approximate surface area is 106 Å². The minimum Gasteiger partial charge on any atom is -0.480 e. The lowest BCUT2D eigenvalue weighted by Crippen LogP contribution is -2.44. The van der Waals surface area contributed by atoms with E-state index in [0.717, 1.165) is 12.0 Å². The zero-order chi connectivity index (χ0) is 13.3. The van der Waals surface area contributed by atoms with Crippen LogP contribution in [0.4, 0.5) is 0 Å². The SMILES string of the molecule is CCc1ccc(C2(C)CC(=O)NC2C(=O)O)cc1. The first-order chi connectivity index (χ1) is 8.47. The second-order valence-corrected chi connectivity index (χ2v) is 4.98. The molecule has 1 aromatic carbocycles. The van der Waals surface area contributed by atoms with Gasteiger partial charge in [0.1, 0.15) is 6.04 Å². The molecule has 0 spiro atoms. The Morgan fingerprint density at radius 3 is 2.56 bits per heavy atom. The van der Waals surface area contributed by atoms with Crippen molar-refractivity contribution in [3.63, 3.8) is 0 Å². The molecule has 1 aliphatic rings. The van der Waals surface area contributed by atoms with Crippen molar-refractivity contribution in [3.8, 4) is 0 Å². The number of hydrogen-bond acceptors (Lipinski definition) is 2. The van der Waals surface area contributed by atoms with Crippen molar-refractivity contribution in [2.24, 2.45) is 0 Å². The van der Waals surface area contributed by atoms with Crippen LogP contribution in [0.3, 0.4) is 0 Å². The third-order valence-electron chi connectivity index (χ3n) is 3.74. The molecule has 1 fully saturated rings. The van der Waals surface area contributed by atoms with Gasteiger partial charge in [0, 0.05) is 11.8 Å². The number of hydrogen-bond donors (Lipinski definition) is 2. The summed E-state index contributed by atoms with van der Waals surface area (Å²) in [5.41, 5.74) is 1.42. The second-order valence-electron chi connectivity index (χ2n) is 4.98. The van der Waals surface area contributed by atoms with Crippen LogP contribution in [0.2, 0.25) is 0 Å². The molecule has 1 heterocycles. The maximum Gasteiger partial charge on any atom is 0.327 e. The minimum atomic E-state index is -0.983. The Bertz CT molecular complexity index is 480. The molecule has 18 heavy (non-hydrogen) atoms. The highest BCUT2D eigenvalue weighted by Gasteiger charge is 2.48. The van der Waals surface area contributed by atoms with E-state index in [0.29, 0.717) is 0 Å². The molecule has 0 aliphatic carbocycles. The lowest BCUT2D eigenvalue weighted by atomic mass is 9.76. The van der Waals surface area contributed by atoms with Gasteiger partial charge in [-0.15, -0.1) is 0 Å². The number of carboxylic acids is 1. The van der Waals surface area contributed by atoms with Crippen molar-refractivity contribution < 1.29 is 14.7 Å². The number of carbonyl (C=O) groups excluding carboxylic acids is 1. The van der Waals surface area contributed by atoms with E-state index in [1.54, 1.807) is 0 Å². The predicted molar refractivity (Wildman–Crippen MR) is 67.4 cm³/mol. The molecule has 1 saturated heterocycles. The smallest absolute Gasteiger partial charge is 0.327 e. The normalized spacial score (nSPS) is 27.0. The topological polar surface area (TPSA) is 66.4 Å². The van der Waals surface area contributed by atoms with Crippen LogP contribution in [0.15, 0.2) is 24.3 Å². The van der Waals surface area contributed by atoms with Gasteiger partial charge in [0.25, 0.3) is 0 Å². The number of nitrogens with one attached hydrogen (secondary N) is 1. The molecular formula is C14H17NO3. The average molecular weight is 247 g/mol. The van der Waals surface area contributed by atoms with E-state index in [1.807, 2.05) is 31.2 Å². The zero-order valence-electron chi connectivity index (χ0n) is 10.6. The molecule has 4 nitrogen and oxygen atoms in total. The summed E-state index contributed by atoms with van der Waals surface area (Å²) < 4.78 is 0. The van der Waals surface area contributed by atoms with Crippen LogP contribution in [0.25, 0.3) is 0 Å². The highest BCUT2D eigenvalue weighted by atomic mass is 16.4. The molecule has 1 aliphatic heterocycles. The number of benzene rings is 1. The molecule has 2 rings (SSSR count). The van der Waals surface area contributed by atoms with Gasteiger partial charge in [-0.3, -0.25) is 4.79 Å². The summed E-state index contributed by atoms with van der Waals surface area (Å²) in [4.78, 5) is 22.7. The van der Waals surface area contributed by atoms with Crippen LogP contribution in [0, 0.1) is 0 Å². The minimum absolute atomic E-state index is 0.204. The molecule has 2 unspecified atom stereocenters.